The lowest BCUT2D eigenvalue weighted by Crippen LogP contribution is -2.21. The summed E-state index contributed by atoms with van der Waals surface area (Å²) in [7, 11) is 0. The van der Waals surface area contributed by atoms with Gasteiger partial charge in [-0.05, 0) is 18.2 Å². The Morgan fingerprint density at radius 1 is 1.06 bits per heavy atom. The maximum absolute atomic E-state index is 14.0. The molecule has 0 bridgehead atoms. The molecule has 5 aromatic heterocycles. The summed E-state index contributed by atoms with van der Waals surface area (Å²) in [6.45, 7) is 0. The van der Waals surface area contributed by atoms with E-state index in [0.717, 1.165) is 17.3 Å². The van der Waals surface area contributed by atoms with E-state index < -0.39 is 23.3 Å². The van der Waals surface area contributed by atoms with Crippen LogP contribution < -0.4 is 5.32 Å². The molecular formula is C19H10F3N11O. The summed E-state index contributed by atoms with van der Waals surface area (Å²) in [6, 6.07) is 6.23. The molecule has 0 aliphatic heterocycles. The van der Waals surface area contributed by atoms with Crippen molar-refractivity contribution in [3.63, 3.8) is 0 Å². The molecule has 5 rings (SSSR count). The van der Waals surface area contributed by atoms with Gasteiger partial charge in [-0.25, -0.2) is 19.2 Å². The van der Waals surface area contributed by atoms with Gasteiger partial charge in [-0.15, -0.1) is 4.80 Å². The molecule has 0 radical (unpaired) electrons. The molecule has 0 unspecified atom stereocenters. The third kappa shape index (κ3) is 3.48. The number of nitrogens with zero attached hydrogens (tertiary/aromatic N) is 10. The average molecular weight is 465 g/mol. The van der Waals surface area contributed by atoms with Gasteiger partial charge < -0.3 is 5.32 Å². The number of hydrogen-bond donors (Lipinski definition) is 1. The Morgan fingerprint density at radius 3 is 2.59 bits per heavy atom. The van der Waals surface area contributed by atoms with Crippen LogP contribution in [0, 0.1) is 11.3 Å². The standard InChI is InChI=1S/C19H10F3N11O/c20-19(21,22)15-13(9-28-32(15)17-14-2-1-5-31(14)29-10-25-17)18(34)30-12-6-11(7-23)16(24-8-12)33-26-3-4-27-33/h1-6,8-10H,(H,30,34). The Bertz CT molecular complexity index is 1560. The summed E-state index contributed by atoms with van der Waals surface area (Å²) in [5, 5.41) is 27.2. The highest BCUT2D eigenvalue weighted by atomic mass is 19.4. The monoisotopic (exact) mass is 465 g/mol. The Kier molecular flexibility index (Phi) is 4.75. The van der Waals surface area contributed by atoms with Crippen LogP contribution in [0.25, 0.3) is 17.2 Å². The molecule has 0 aliphatic carbocycles. The van der Waals surface area contributed by atoms with Gasteiger partial charge in [0, 0.05) is 6.20 Å². The van der Waals surface area contributed by atoms with Crippen LogP contribution in [0.4, 0.5) is 18.9 Å². The van der Waals surface area contributed by atoms with Gasteiger partial charge in [-0.3, -0.25) is 4.79 Å². The molecular weight excluding hydrogens is 455 g/mol. The van der Waals surface area contributed by atoms with Gasteiger partial charge in [0.2, 0.25) is 0 Å². The Balaban J connectivity index is 1.53. The lowest BCUT2D eigenvalue weighted by molar-refractivity contribution is -0.143. The number of rotatable bonds is 4. The largest absolute Gasteiger partial charge is 0.434 e. The van der Waals surface area contributed by atoms with E-state index in [-0.39, 0.29) is 28.4 Å². The van der Waals surface area contributed by atoms with Crippen LogP contribution in [0.2, 0.25) is 0 Å². The minimum Gasteiger partial charge on any atom is -0.320 e. The number of carbonyl (C=O) groups is 1. The van der Waals surface area contributed by atoms with Crippen molar-refractivity contribution >= 4 is 17.1 Å². The van der Waals surface area contributed by atoms with Crippen molar-refractivity contribution in [2.45, 2.75) is 6.18 Å². The number of alkyl halides is 3. The number of anilines is 1. The molecule has 5 aromatic rings. The highest BCUT2D eigenvalue weighted by Gasteiger charge is 2.41. The molecule has 34 heavy (non-hydrogen) atoms. The molecule has 0 aromatic carbocycles. The molecule has 0 saturated heterocycles. The molecule has 0 fully saturated rings. The first-order valence-electron chi connectivity index (χ1n) is 9.39. The number of nitrogens with one attached hydrogen (secondary N) is 1. The molecule has 168 valence electrons. The first kappa shape index (κ1) is 20.8. The zero-order valence-electron chi connectivity index (χ0n) is 16.7. The maximum Gasteiger partial charge on any atom is 0.434 e. The van der Waals surface area contributed by atoms with Gasteiger partial charge >= 0.3 is 6.18 Å². The second kappa shape index (κ2) is 7.78. The van der Waals surface area contributed by atoms with E-state index >= 15 is 0 Å². The molecule has 5 heterocycles. The van der Waals surface area contributed by atoms with Crippen LogP contribution in [0.3, 0.4) is 0 Å². The molecule has 0 atom stereocenters. The molecule has 1 amide bonds. The van der Waals surface area contributed by atoms with E-state index in [9.17, 15) is 23.2 Å². The average Bonchev–Trinajstić information content (AvgIpc) is 3.58. The van der Waals surface area contributed by atoms with Gasteiger partial charge in [0.05, 0.1) is 36.0 Å². The van der Waals surface area contributed by atoms with Crippen molar-refractivity contribution in [2.75, 3.05) is 5.32 Å². The topological polar surface area (TPSA) is 144 Å². The second-order valence-corrected chi connectivity index (χ2v) is 6.72. The van der Waals surface area contributed by atoms with Crippen molar-refractivity contribution in [3.8, 4) is 17.7 Å². The first-order valence-corrected chi connectivity index (χ1v) is 9.39. The predicted molar refractivity (Wildman–Crippen MR) is 107 cm³/mol. The Hall–Kier alpha value is -5.13. The van der Waals surface area contributed by atoms with Gasteiger partial charge in [-0.1, -0.05) is 0 Å². The highest BCUT2D eigenvalue weighted by Crippen LogP contribution is 2.34. The Morgan fingerprint density at radius 2 is 1.85 bits per heavy atom. The summed E-state index contributed by atoms with van der Waals surface area (Å²) in [5.74, 6) is -1.17. The number of nitriles is 1. The molecule has 1 N–H and O–H groups in total. The number of carbonyl (C=O) groups excluding carboxylic acids is 1. The minimum atomic E-state index is -4.94. The third-order valence-corrected chi connectivity index (χ3v) is 4.65. The minimum absolute atomic E-state index is 0.00245. The predicted octanol–water partition coefficient (Wildman–Crippen LogP) is 2.03. The smallest absolute Gasteiger partial charge is 0.320 e. The van der Waals surface area contributed by atoms with E-state index in [4.69, 9.17) is 0 Å². The third-order valence-electron chi connectivity index (χ3n) is 4.65. The van der Waals surface area contributed by atoms with Crippen molar-refractivity contribution in [1.29, 1.82) is 5.26 Å². The normalized spacial score (nSPS) is 11.5. The van der Waals surface area contributed by atoms with Crippen molar-refractivity contribution in [1.82, 2.24) is 44.4 Å². The van der Waals surface area contributed by atoms with Crippen molar-refractivity contribution < 1.29 is 18.0 Å². The quantitative estimate of drug-likeness (QED) is 0.425. The lowest BCUT2D eigenvalue weighted by atomic mass is 10.2. The molecule has 0 saturated carbocycles. The van der Waals surface area contributed by atoms with E-state index in [1.165, 1.54) is 41.4 Å². The van der Waals surface area contributed by atoms with Crippen LogP contribution in [-0.2, 0) is 6.18 Å². The zero-order valence-corrected chi connectivity index (χ0v) is 16.7. The number of aromatic nitrogens is 9. The molecule has 0 aliphatic rings. The van der Waals surface area contributed by atoms with Gasteiger partial charge in [0.25, 0.3) is 5.91 Å². The maximum atomic E-state index is 14.0. The number of hydrogen-bond acceptors (Lipinski definition) is 8. The number of fused-ring (bicyclic) bond motifs is 1. The van der Waals surface area contributed by atoms with Crippen LogP contribution >= 0.6 is 0 Å². The zero-order chi connectivity index (χ0) is 23.9. The van der Waals surface area contributed by atoms with Crippen molar-refractivity contribution in [3.05, 3.63) is 72.3 Å². The number of pyridine rings is 1. The van der Waals surface area contributed by atoms with Gasteiger partial charge in [-0.2, -0.15) is 38.8 Å². The summed E-state index contributed by atoms with van der Waals surface area (Å²) in [6.07, 6.45) is 2.40. The number of amides is 1. The van der Waals surface area contributed by atoms with E-state index in [1.54, 1.807) is 6.07 Å². The van der Waals surface area contributed by atoms with Crippen LogP contribution in [-0.4, -0.2) is 50.3 Å². The summed E-state index contributed by atoms with van der Waals surface area (Å²) < 4.78 is 43.9. The fraction of sp³-hybridized carbons (Fsp3) is 0.0526. The molecule has 15 heteroatoms. The fourth-order valence-electron chi connectivity index (χ4n) is 3.25. The van der Waals surface area contributed by atoms with Gasteiger partial charge in [0.1, 0.15) is 23.5 Å². The second-order valence-electron chi connectivity index (χ2n) is 6.72. The summed E-state index contributed by atoms with van der Waals surface area (Å²) >= 11 is 0. The summed E-state index contributed by atoms with van der Waals surface area (Å²) in [5.41, 5.74) is -1.81. The van der Waals surface area contributed by atoms with Crippen molar-refractivity contribution in [2.24, 2.45) is 0 Å². The van der Waals surface area contributed by atoms with Gasteiger partial charge in [0.15, 0.2) is 17.3 Å². The van der Waals surface area contributed by atoms with Crippen LogP contribution in [0.15, 0.2) is 55.5 Å². The van der Waals surface area contributed by atoms with Crippen LogP contribution in [0.5, 0.6) is 0 Å². The first-order chi connectivity index (χ1) is 16.4. The Labute approximate surface area is 186 Å². The lowest BCUT2D eigenvalue weighted by Gasteiger charge is -2.13. The van der Waals surface area contributed by atoms with E-state index in [2.05, 4.69) is 35.7 Å². The number of halogens is 3. The molecule has 12 nitrogen and oxygen atoms in total. The van der Waals surface area contributed by atoms with E-state index in [1.807, 2.05) is 6.07 Å². The highest BCUT2D eigenvalue weighted by molar-refractivity contribution is 6.05. The van der Waals surface area contributed by atoms with E-state index in [0.29, 0.717) is 4.68 Å². The summed E-state index contributed by atoms with van der Waals surface area (Å²) in [4.78, 5) is 21.8. The fourth-order valence-corrected chi connectivity index (χ4v) is 3.25. The van der Waals surface area contributed by atoms with Crippen LogP contribution in [0.1, 0.15) is 21.6 Å². The molecule has 0 spiro atoms. The SMILES string of the molecule is N#Cc1cc(NC(=O)c2cnn(-c3ncnn4cccc34)c2C(F)(F)F)cnc1-n1nccn1.